The lowest BCUT2D eigenvalue weighted by molar-refractivity contribution is 0.805. The van der Waals surface area contributed by atoms with Gasteiger partial charge in [-0.1, -0.05) is 0 Å². The predicted molar refractivity (Wildman–Crippen MR) is 54.2 cm³/mol. The van der Waals surface area contributed by atoms with Crippen LogP contribution < -0.4 is 5.32 Å². The zero-order valence-electron chi connectivity index (χ0n) is 8.28. The van der Waals surface area contributed by atoms with E-state index in [4.69, 9.17) is 0 Å². The van der Waals surface area contributed by atoms with Gasteiger partial charge in [0.05, 0.1) is 18.4 Å². The van der Waals surface area contributed by atoms with E-state index in [1.807, 2.05) is 32.6 Å². The van der Waals surface area contributed by atoms with Gasteiger partial charge in [-0.05, 0) is 6.92 Å². The summed E-state index contributed by atoms with van der Waals surface area (Å²) in [5.74, 6) is 0.878. The number of nitrogens with zero attached hydrogens (tertiary/aromatic N) is 3. The standard InChI is InChI=1S/C9H13N5/c1-7-5-14(9(10-2)13-7)6-8-3-11-12-4-8/h3-5H,6H2,1-2H3,(H,10,13)(H,11,12). The van der Waals surface area contributed by atoms with Crippen molar-refractivity contribution in [2.45, 2.75) is 13.5 Å². The molecular formula is C9H13N5. The fourth-order valence-corrected chi connectivity index (χ4v) is 1.43. The third-order valence-corrected chi connectivity index (χ3v) is 2.03. The van der Waals surface area contributed by atoms with Crippen molar-refractivity contribution in [2.24, 2.45) is 0 Å². The second-order valence-corrected chi connectivity index (χ2v) is 3.19. The van der Waals surface area contributed by atoms with Gasteiger partial charge in [-0.15, -0.1) is 0 Å². The first-order valence-corrected chi connectivity index (χ1v) is 4.49. The summed E-state index contributed by atoms with van der Waals surface area (Å²) < 4.78 is 2.06. The molecule has 0 unspecified atom stereocenters. The molecule has 14 heavy (non-hydrogen) atoms. The molecule has 0 spiro atoms. The highest BCUT2D eigenvalue weighted by atomic mass is 15.2. The van der Waals surface area contributed by atoms with Crippen molar-refractivity contribution in [1.82, 2.24) is 19.7 Å². The van der Waals surface area contributed by atoms with Gasteiger partial charge < -0.3 is 9.88 Å². The average molecular weight is 191 g/mol. The van der Waals surface area contributed by atoms with Gasteiger partial charge in [0.1, 0.15) is 0 Å². The summed E-state index contributed by atoms with van der Waals surface area (Å²) in [6.07, 6.45) is 5.71. The monoisotopic (exact) mass is 191 g/mol. The molecule has 0 fully saturated rings. The van der Waals surface area contributed by atoms with Crippen molar-refractivity contribution < 1.29 is 0 Å². The number of aromatic amines is 1. The topological polar surface area (TPSA) is 58.5 Å². The highest BCUT2D eigenvalue weighted by Crippen LogP contribution is 2.10. The summed E-state index contributed by atoms with van der Waals surface area (Å²) in [4.78, 5) is 4.33. The van der Waals surface area contributed by atoms with Crippen molar-refractivity contribution >= 4 is 5.95 Å². The number of aryl methyl sites for hydroxylation is 1. The van der Waals surface area contributed by atoms with E-state index < -0.39 is 0 Å². The van der Waals surface area contributed by atoms with Crippen LogP contribution in [0.5, 0.6) is 0 Å². The van der Waals surface area contributed by atoms with Crippen LogP contribution in [0.25, 0.3) is 0 Å². The van der Waals surface area contributed by atoms with Crippen LogP contribution in [-0.4, -0.2) is 26.8 Å². The number of imidazole rings is 1. The summed E-state index contributed by atoms with van der Waals surface area (Å²) in [7, 11) is 1.87. The highest BCUT2D eigenvalue weighted by molar-refractivity contribution is 5.28. The first-order valence-electron chi connectivity index (χ1n) is 4.49. The molecule has 0 radical (unpaired) electrons. The Bertz CT molecular complexity index is 401. The number of anilines is 1. The van der Waals surface area contributed by atoms with Crippen LogP contribution in [-0.2, 0) is 6.54 Å². The van der Waals surface area contributed by atoms with Crippen molar-refractivity contribution in [3.63, 3.8) is 0 Å². The molecular weight excluding hydrogens is 178 g/mol. The molecule has 2 rings (SSSR count). The number of H-pyrrole nitrogens is 1. The van der Waals surface area contributed by atoms with Crippen molar-refractivity contribution in [3.05, 3.63) is 29.8 Å². The quantitative estimate of drug-likeness (QED) is 0.761. The Morgan fingerprint density at radius 2 is 2.43 bits per heavy atom. The lowest BCUT2D eigenvalue weighted by Gasteiger charge is -2.04. The van der Waals surface area contributed by atoms with Crippen LogP contribution in [0.3, 0.4) is 0 Å². The molecule has 0 amide bonds. The smallest absolute Gasteiger partial charge is 0.203 e. The van der Waals surface area contributed by atoms with E-state index in [-0.39, 0.29) is 0 Å². The van der Waals surface area contributed by atoms with Gasteiger partial charge in [0.2, 0.25) is 5.95 Å². The third kappa shape index (κ3) is 1.61. The molecule has 0 atom stereocenters. The number of rotatable bonds is 3. The fourth-order valence-electron chi connectivity index (χ4n) is 1.43. The van der Waals surface area contributed by atoms with Gasteiger partial charge in [-0.2, -0.15) is 5.10 Å². The molecule has 74 valence electrons. The minimum Gasteiger partial charge on any atom is -0.359 e. The van der Waals surface area contributed by atoms with E-state index in [1.54, 1.807) is 0 Å². The molecule has 0 saturated carbocycles. The summed E-state index contributed by atoms with van der Waals surface area (Å²) >= 11 is 0. The molecule has 0 aromatic carbocycles. The SMILES string of the molecule is CNc1nc(C)cn1Cc1cn[nH]c1. The van der Waals surface area contributed by atoms with Crippen LogP contribution >= 0.6 is 0 Å². The molecule has 0 saturated heterocycles. The average Bonchev–Trinajstić information content (AvgIpc) is 2.76. The first kappa shape index (κ1) is 8.80. The minimum atomic E-state index is 0.785. The second kappa shape index (κ2) is 3.53. The minimum absolute atomic E-state index is 0.785. The molecule has 0 aliphatic rings. The molecule has 2 heterocycles. The zero-order chi connectivity index (χ0) is 9.97. The maximum absolute atomic E-state index is 4.33. The maximum Gasteiger partial charge on any atom is 0.203 e. The van der Waals surface area contributed by atoms with Crippen LogP contribution in [0.2, 0.25) is 0 Å². The van der Waals surface area contributed by atoms with Gasteiger partial charge in [0.15, 0.2) is 0 Å². The highest BCUT2D eigenvalue weighted by Gasteiger charge is 2.04. The zero-order valence-corrected chi connectivity index (χ0v) is 8.28. The largest absolute Gasteiger partial charge is 0.359 e. The molecule has 0 bridgehead atoms. The van der Waals surface area contributed by atoms with Crippen molar-refractivity contribution in [1.29, 1.82) is 0 Å². The van der Waals surface area contributed by atoms with Crippen LogP contribution in [0.4, 0.5) is 5.95 Å². The molecule has 2 aromatic rings. The van der Waals surface area contributed by atoms with Crippen LogP contribution in [0.1, 0.15) is 11.3 Å². The summed E-state index contributed by atoms with van der Waals surface area (Å²) in [5, 5.41) is 9.74. The van der Waals surface area contributed by atoms with E-state index in [1.165, 1.54) is 0 Å². The van der Waals surface area contributed by atoms with Crippen LogP contribution in [0.15, 0.2) is 18.6 Å². The van der Waals surface area contributed by atoms with E-state index in [2.05, 4.69) is 25.1 Å². The van der Waals surface area contributed by atoms with Gasteiger partial charge >= 0.3 is 0 Å². The fraction of sp³-hybridized carbons (Fsp3) is 0.333. The lowest BCUT2D eigenvalue weighted by Crippen LogP contribution is -2.03. The van der Waals surface area contributed by atoms with E-state index in [9.17, 15) is 0 Å². The molecule has 2 N–H and O–H groups in total. The first-order chi connectivity index (χ1) is 6.79. The number of hydrogen-bond donors (Lipinski definition) is 2. The number of hydrogen-bond acceptors (Lipinski definition) is 3. The van der Waals surface area contributed by atoms with Gasteiger partial charge in [0, 0.05) is 25.0 Å². The van der Waals surface area contributed by atoms with Crippen LogP contribution in [0, 0.1) is 6.92 Å². The Morgan fingerprint density at radius 1 is 1.57 bits per heavy atom. The van der Waals surface area contributed by atoms with Gasteiger partial charge in [0.25, 0.3) is 0 Å². The van der Waals surface area contributed by atoms with Gasteiger partial charge in [-0.3, -0.25) is 5.10 Å². The predicted octanol–water partition coefficient (Wildman–Crippen LogP) is 1.00. The van der Waals surface area contributed by atoms with E-state index in [0.717, 1.165) is 23.8 Å². The molecule has 5 nitrogen and oxygen atoms in total. The third-order valence-electron chi connectivity index (χ3n) is 2.03. The Balaban J connectivity index is 2.23. The molecule has 5 heteroatoms. The van der Waals surface area contributed by atoms with E-state index in [0.29, 0.717) is 0 Å². The lowest BCUT2D eigenvalue weighted by atomic mass is 10.3. The summed E-state index contributed by atoms with van der Waals surface area (Å²) in [6.45, 7) is 2.76. The second-order valence-electron chi connectivity index (χ2n) is 3.19. The molecule has 0 aliphatic heterocycles. The Labute approximate surface area is 82.2 Å². The van der Waals surface area contributed by atoms with Gasteiger partial charge in [-0.25, -0.2) is 4.98 Å². The maximum atomic E-state index is 4.33. The summed E-state index contributed by atoms with van der Waals surface area (Å²) in [5.41, 5.74) is 2.15. The molecule has 2 aromatic heterocycles. The van der Waals surface area contributed by atoms with E-state index >= 15 is 0 Å². The number of nitrogens with one attached hydrogen (secondary N) is 2. The summed E-state index contributed by atoms with van der Waals surface area (Å²) in [6, 6.07) is 0. The molecule has 0 aliphatic carbocycles. The Kier molecular flexibility index (Phi) is 2.22. The van der Waals surface area contributed by atoms with Crippen molar-refractivity contribution in [2.75, 3.05) is 12.4 Å². The normalized spacial score (nSPS) is 10.4. The number of aromatic nitrogens is 4. The van der Waals surface area contributed by atoms with Crippen molar-refractivity contribution in [3.8, 4) is 0 Å². The Morgan fingerprint density at radius 3 is 3.07 bits per heavy atom. The Hall–Kier alpha value is -1.78.